The summed E-state index contributed by atoms with van der Waals surface area (Å²) in [7, 11) is 2.40. The minimum absolute atomic E-state index is 0.0952. The second kappa shape index (κ2) is 48.3. The molecule has 69 heavy (non-hydrogen) atoms. The molecule has 0 aliphatic heterocycles. The van der Waals surface area contributed by atoms with Crippen LogP contribution >= 0.6 is 21.6 Å². The molecule has 398 valence electrons. The number of nitrogens with zero attached hydrogens (tertiary/aromatic N) is 1. The average molecular weight is 997 g/mol. The average Bonchev–Trinajstić information content (AvgIpc) is 3.35. The first-order chi connectivity index (χ1) is 33.8. The Bertz CT molecular complexity index is 1290. The van der Waals surface area contributed by atoms with Crippen LogP contribution in [0.1, 0.15) is 305 Å². The summed E-state index contributed by atoms with van der Waals surface area (Å²) in [4.78, 5) is 23.2. The lowest BCUT2D eigenvalue weighted by Crippen LogP contribution is -2.50. The zero-order chi connectivity index (χ0) is 50.1. The molecular weight excluding hydrogens is 887 g/mol. The number of carboxylic acids is 2. The van der Waals surface area contributed by atoms with Crippen molar-refractivity contribution in [1.82, 2.24) is 0 Å². The number of hydrogen-bond acceptors (Lipinski definition) is 5. The Morgan fingerprint density at radius 3 is 0.826 bits per heavy atom. The second-order valence-corrected chi connectivity index (χ2v) is 22.9. The van der Waals surface area contributed by atoms with Gasteiger partial charge in [-0.3, -0.25) is 0 Å². The largest absolute Gasteiger partial charge is 0.545 e. The lowest BCUT2D eigenvalue weighted by Gasteiger charge is -2.40. The molecule has 0 radical (unpaired) electrons. The smallest absolute Gasteiger partial charge is 0.336 e. The van der Waals surface area contributed by atoms with Crippen LogP contribution in [-0.2, 0) is 0 Å². The van der Waals surface area contributed by atoms with Crippen molar-refractivity contribution in [3.05, 3.63) is 59.7 Å². The minimum Gasteiger partial charge on any atom is -0.545 e. The van der Waals surface area contributed by atoms with Gasteiger partial charge in [-0.2, -0.15) is 0 Å². The molecular formula is C62H109NO4S2. The number of carboxylic acid groups (broad SMARTS) is 2. The maximum atomic E-state index is 11.1. The number of unbranched alkanes of at least 4 members (excludes halogenated alkanes) is 36. The fraction of sp³-hybridized carbons (Fsp3) is 0.774. The maximum absolute atomic E-state index is 11.1. The number of hydrogen-bond donors (Lipinski definition) is 1. The van der Waals surface area contributed by atoms with Gasteiger partial charge in [-0.1, -0.05) is 285 Å². The van der Waals surface area contributed by atoms with Gasteiger partial charge in [0.05, 0.1) is 37.7 Å². The van der Waals surface area contributed by atoms with Gasteiger partial charge in [0.25, 0.3) is 0 Å². The molecule has 1 N–H and O–H groups in total. The Balaban J connectivity index is 0.000000976. The molecule has 0 amide bonds. The monoisotopic (exact) mass is 996 g/mol. The molecule has 0 saturated heterocycles. The van der Waals surface area contributed by atoms with Gasteiger partial charge in [0, 0.05) is 15.4 Å². The van der Waals surface area contributed by atoms with Gasteiger partial charge < -0.3 is 19.5 Å². The van der Waals surface area contributed by atoms with Gasteiger partial charge in [-0.15, -0.1) is 0 Å². The third-order valence-electron chi connectivity index (χ3n) is 14.4. The zero-order valence-corrected chi connectivity index (χ0v) is 47.3. The van der Waals surface area contributed by atoms with E-state index in [-0.39, 0.29) is 11.1 Å². The first-order valence-corrected chi connectivity index (χ1v) is 31.8. The first kappa shape index (κ1) is 65.1. The standard InChI is InChI=1S/C48H100N.C14H10O4S2/c1-5-9-13-17-21-25-29-33-37-41-45-49(46-42-38-34-30-26-22-18-14-10-6-2,47-43-39-35-31-27-23-19-15-11-7-3)48-44-40-36-32-28-24-20-16-12-8-4;15-13(16)9-5-1-3-7-11(9)19-20-12-8-4-2-6-10(12)14(17)18/h5-48H2,1-4H3;1-8H,(H,15,16)(H,17,18)/q+1;/p-1. The van der Waals surface area contributed by atoms with Crippen LogP contribution in [0.2, 0.25) is 0 Å². The number of aromatic carboxylic acids is 2. The highest BCUT2D eigenvalue weighted by molar-refractivity contribution is 8.76. The lowest BCUT2D eigenvalue weighted by molar-refractivity contribution is -0.929. The van der Waals surface area contributed by atoms with Crippen molar-refractivity contribution in [2.45, 2.75) is 294 Å². The lowest BCUT2D eigenvalue weighted by atomic mass is 10.0. The summed E-state index contributed by atoms with van der Waals surface area (Å²) in [5.41, 5.74) is 0.286. The minimum atomic E-state index is -1.25. The number of quaternary nitrogens is 1. The molecule has 2 aromatic rings. The van der Waals surface area contributed by atoms with E-state index in [1.54, 1.807) is 36.4 Å². The Labute approximate surface area is 435 Å². The maximum Gasteiger partial charge on any atom is 0.336 e. The van der Waals surface area contributed by atoms with Crippen LogP contribution in [-0.4, -0.2) is 47.7 Å². The van der Waals surface area contributed by atoms with Crippen molar-refractivity contribution in [1.29, 1.82) is 0 Å². The van der Waals surface area contributed by atoms with Crippen LogP contribution in [0.4, 0.5) is 0 Å². The predicted octanol–water partition coefficient (Wildman–Crippen LogP) is 20.0. The van der Waals surface area contributed by atoms with E-state index in [2.05, 4.69) is 27.7 Å². The van der Waals surface area contributed by atoms with Crippen molar-refractivity contribution in [2.24, 2.45) is 0 Å². The summed E-state index contributed by atoms with van der Waals surface area (Å²) in [6, 6.07) is 13.0. The molecule has 0 saturated carbocycles. The van der Waals surface area contributed by atoms with Crippen LogP contribution in [0.25, 0.3) is 0 Å². The molecule has 5 nitrogen and oxygen atoms in total. The van der Waals surface area contributed by atoms with E-state index in [0.29, 0.717) is 9.79 Å². The summed E-state index contributed by atoms with van der Waals surface area (Å²) < 4.78 is 1.49. The number of carbonyl (C=O) groups is 2. The Morgan fingerprint density at radius 2 is 0.580 bits per heavy atom. The van der Waals surface area contributed by atoms with Crippen LogP contribution in [0, 0.1) is 0 Å². The van der Waals surface area contributed by atoms with Crippen LogP contribution in [0.15, 0.2) is 58.3 Å². The van der Waals surface area contributed by atoms with Crippen molar-refractivity contribution in [2.75, 3.05) is 26.2 Å². The van der Waals surface area contributed by atoms with Crippen molar-refractivity contribution in [3.63, 3.8) is 0 Å². The van der Waals surface area contributed by atoms with Crippen LogP contribution in [0.3, 0.4) is 0 Å². The van der Waals surface area contributed by atoms with E-state index in [1.807, 2.05) is 0 Å². The summed E-state index contributed by atoms with van der Waals surface area (Å²) in [5.74, 6) is -2.26. The summed E-state index contributed by atoms with van der Waals surface area (Å²) in [6.45, 7) is 15.3. The number of carbonyl (C=O) groups excluding carboxylic acids is 1. The normalized spacial score (nSPS) is 11.5. The highest BCUT2D eigenvalue weighted by Gasteiger charge is 2.26. The van der Waals surface area contributed by atoms with Gasteiger partial charge in [0.2, 0.25) is 0 Å². The van der Waals surface area contributed by atoms with Gasteiger partial charge in [-0.25, -0.2) is 4.79 Å². The Morgan fingerprint density at radius 1 is 0.362 bits per heavy atom. The quantitative estimate of drug-likeness (QED) is 0.0404. The highest BCUT2D eigenvalue weighted by atomic mass is 33.1. The molecule has 0 spiro atoms. The molecule has 0 atom stereocenters. The second-order valence-electron chi connectivity index (χ2n) is 20.7. The number of benzene rings is 2. The number of rotatable bonds is 49. The molecule has 0 aromatic heterocycles. The van der Waals surface area contributed by atoms with Crippen molar-refractivity contribution >= 4 is 33.5 Å². The van der Waals surface area contributed by atoms with E-state index in [1.165, 1.54) is 321 Å². The molecule has 7 heteroatoms. The predicted molar refractivity (Wildman–Crippen MR) is 303 cm³/mol. The highest BCUT2D eigenvalue weighted by Crippen LogP contribution is 2.40. The summed E-state index contributed by atoms with van der Waals surface area (Å²) >= 11 is 0. The molecule has 2 aromatic carbocycles. The molecule has 0 fully saturated rings. The van der Waals surface area contributed by atoms with Gasteiger partial charge in [-0.05, 0) is 69.6 Å². The summed E-state index contributed by atoms with van der Waals surface area (Å²) in [6.07, 6.45) is 58.7. The third-order valence-corrected chi connectivity index (χ3v) is 16.9. The fourth-order valence-electron chi connectivity index (χ4n) is 9.92. The Hall–Kier alpha value is -1.96. The van der Waals surface area contributed by atoms with E-state index >= 15 is 0 Å². The molecule has 2 rings (SSSR count). The molecule has 0 heterocycles. The third kappa shape index (κ3) is 37.5. The van der Waals surface area contributed by atoms with E-state index in [9.17, 15) is 14.7 Å². The first-order valence-electron chi connectivity index (χ1n) is 29.7. The van der Waals surface area contributed by atoms with Crippen molar-refractivity contribution in [3.8, 4) is 0 Å². The Kier molecular flexibility index (Phi) is 45.6. The molecule has 0 aliphatic carbocycles. The fourth-order valence-corrected chi connectivity index (χ4v) is 12.3. The SMILES string of the molecule is CCCCCCCCCCCC[N+](CCCCCCCCCCCC)(CCCCCCCCCCCC)CCCCCCCCCCCC.O=C([O-])c1ccccc1SSc1ccccc1C(=O)O. The molecule has 0 unspecified atom stereocenters. The van der Waals surface area contributed by atoms with Crippen LogP contribution < -0.4 is 5.11 Å². The van der Waals surface area contributed by atoms with E-state index < -0.39 is 11.9 Å². The zero-order valence-electron chi connectivity index (χ0n) is 45.7. The van der Waals surface area contributed by atoms with Gasteiger partial charge in [0.15, 0.2) is 0 Å². The van der Waals surface area contributed by atoms with Gasteiger partial charge in [0.1, 0.15) is 0 Å². The van der Waals surface area contributed by atoms with E-state index in [0.717, 1.165) is 0 Å². The molecule has 0 bridgehead atoms. The summed E-state index contributed by atoms with van der Waals surface area (Å²) in [5, 5.41) is 20.1. The topological polar surface area (TPSA) is 77.4 Å². The van der Waals surface area contributed by atoms with Gasteiger partial charge >= 0.3 is 5.97 Å². The van der Waals surface area contributed by atoms with E-state index in [4.69, 9.17) is 5.11 Å². The molecule has 0 aliphatic rings. The van der Waals surface area contributed by atoms with Crippen molar-refractivity contribution < 1.29 is 24.3 Å². The van der Waals surface area contributed by atoms with Crippen LogP contribution in [0.5, 0.6) is 0 Å².